The Bertz CT molecular complexity index is 766. The highest BCUT2D eigenvalue weighted by Gasteiger charge is 2.26. The van der Waals surface area contributed by atoms with Crippen LogP contribution in [-0.4, -0.2) is 12.5 Å². The van der Waals surface area contributed by atoms with Gasteiger partial charge in [0, 0.05) is 32.9 Å². The first-order valence-electron chi connectivity index (χ1n) is 8.58. The Labute approximate surface area is 170 Å². The van der Waals surface area contributed by atoms with Gasteiger partial charge in [-0.1, -0.05) is 80.7 Å². The van der Waals surface area contributed by atoms with Crippen LogP contribution in [0.1, 0.15) is 50.7 Å². The predicted octanol–water partition coefficient (Wildman–Crippen LogP) is 6.70. The van der Waals surface area contributed by atoms with Gasteiger partial charge >= 0.3 is 0 Å². The van der Waals surface area contributed by atoms with Gasteiger partial charge in [-0.05, 0) is 41.3 Å². The van der Waals surface area contributed by atoms with E-state index >= 15 is 0 Å². The number of amides is 1. The first-order chi connectivity index (χ1) is 12.1. The van der Waals surface area contributed by atoms with Crippen LogP contribution in [0.15, 0.2) is 42.5 Å². The van der Waals surface area contributed by atoms with Crippen LogP contribution < -0.4 is 5.32 Å². The van der Waals surface area contributed by atoms with Gasteiger partial charge < -0.3 is 5.32 Å². The fourth-order valence-corrected chi connectivity index (χ4v) is 3.56. The van der Waals surface area contributed by atoms with Gasteiger partial charge in [-0.2, -0.15) is 0 Å². The van der Waals surface area contributed by atoms with E-state index in [4.69, 9.17) is 34.8 Å². The summed E-state index contributed by atoms with van der Waals surface area (Å²) in [5.74, 6) is 0.157. The third-order valence-electron chi connectivity index (χ3n) is 4.52. The third-order valence-corrected chi connectivity index (χ3v) is 5.33. The number of carbonyl (C=O) groups excluding carboxylic acids is 1. The zero-order valence-corrected chi connectivity index (χ0v) is 17.7. The van der Waals surface area contributed by atoms with Crippen LogP contribution in [0.4, 0.5) is 0 Å². The van der Waals surface area contributed by atoms with Crippen molar-refractivity contribution in [2.24, 2.45) is 5.41 Å². The third kappa shape index (κ3) is 5.39. The van der Waals surface area contributed by atoms with Crippen molar-refractivity contribution in [2.45, 2.75) is 39.5 Å². The lowest BCUT2D eigenvalue weighted by molar-refractivity contribution is -0.128. The van der Waals surface area contributed by atoms with Gasteiger partial charge in [0.15, 0.2) is 0 Å². The Hall–Kier alpha value is -1.22. The van der Waals surface area contributed by atoms with E-state index < -0.39 is 5.41 Å². The van der Waals surface area contributed by atoms with Crippen molar-refractivity contribution < 1.29 is 4.79 Å². The molecule has 140 valence electrons. The lowest BCUT2D eigenvalue weighted by Crippen LogP contribution is -2.38. The highest BCUT2D eigenvalue weighted by atomic mass is 35.5. The van der Waals surface area contributed by atoms with Crippen molar-refractivity contribution in [3.63, 3.8) is 0 Å². The van der Waals surface area contributed by atoms with E-state index in [1.807, 2.05) is 57.2 Å². The van der Waals surface area contributed by atoms with Crippen LogP contribution in [0.2, 0.25) is 15.1 Å². The average molecular weight is 413 g/mol. The zero-order chi connectivity index (χ0) is 19.5. The van der Waals surface area contributed by atoms with Crippen LogP contribution in [0.3, 0.4) is 0 Å². The molecule has 1 amide bonds. The molecule has 0 aromatic heterocycles. The molecule has 5 heteroatoms. The molecule has 2 atom stereocenters. The number of rotatable bonds is 5. The largest absolute Gasteiger partial charge is 0.355 e. The van der Waals surface area contributed by atoms with Crippen LogP contribution in [-0.2, 0) is 4.79 Å². The second-order valence-corrected chi connectivity index (χ2v) is 8.85. The Morgan fingerprint density at radius 2 is 1.58 bits per heavy atom. The molecule has 2 unspecified atom stereocenters. The Morgan fingerprint density at radius 1 is 1.00 bits per heavy atom. The minimum absolute atomic E-state index is 0.0193. The summed E-state index contributed by atoms with van der Waals surface area (Å²) in [6.45, 7) is 8.33. The maximum atomic E-state index is 12.3. The lowest BCUT2D eigenvalue weighted by Gasteiger charge is -2.28. The molecule has 0 aliphatic carbocycles. The molecule has 2 aromatic rings. The topological polar surface area (TPSA) is 29.1 Å². The quantitative estimate of drug-likeness (QED) is 0.582. The Kier molecular flexibility index (Phi) is 7.01. The molecule has 0 fully saturated rings. The molecule has 0 spiro atoms. The Morgan fingerprint density at radius 3 is 2.12 bits per heavy atom. The summed E-state index contributed by atoms with van der Waals surface area (Å²) in [4.78, 5) is 12.3. The normalized spacial score (nSPS) is 14.0. The highest BCUT2D eigenvalue weighted by molar-refractivity contribution is 6.35. The van der Waals surface area contributed by atoms with E-state index in [0.29, 0.717) is 21.6 Å². The first kappa shape index (κ1) is 21.1. The fraction of sp³-hybridized carbons (Fsp3) is 0.381. The van der Waals surface area contributed by atoms with E-state index in [2.05, 4.69) is 12.2 Å². The number of nitrogens with one attached hydrogen (secondary N) is 1. The first-order valence-corrected chi connectivity index (χ1v) is 9.71. The second kappa shape index (κ2) is 8.65. The summed E-state index contributed by atoms with van der Waals surface area (Å²) in [6, 6.07) is 13.3. The van der Waals surface area contributed by atoms with E-state index in [1.165, 1.54) is 0 Å². The minimum atomic E-state index is -0.439. The summed E-state index contributed by atoms with van der Waals surface area (Å²) >= 11 is 18.5. The van der Waals surface area contributed by atoms with Crippen molar-refractivity contribution in [3.8, 4) is 0 Å². The number of halogens is 3. The van der Waals surface area contributed by atoms with Gasteiger partial charge in [0.2, 0.25) is 5.91 Å². The van der Waals surface area contributed by atoms with E-state index in [1.54, 1.807) is 6.07 Å². The zero-order valence-electron chi connectivity index (χ0n) is 15.4. The van der Waals surface area contributed by atoms with Gasteiger partial charge in [0.05, 0.1) is 0 Å². The molecule has 0 aliphatic heterocycles. The number of benzene rings is 2. The van der Waals surface area contributed by atoms with Gasteiger partial charge in [-0.15, -0.1) is 0 Å². The molecule has 0 saturated heterocycles. The fourth-order valence-electron chi connectivity index (χ4n) is 2.85. The molecule has 2 aromatic carbocycles. The number of carbonyl (C=O) groups is 1. The molecule has 1 N–H and O–H groups in total. The van der Waals surface area contributed by atoms with Crippen molar-refractivity contribution in [2.75, 3.05) is 6.54 Å². The highest BCUT2D eigenvalue weighted by Crippen LogP contribution is 2.37. The monoisotopic (exact) mass is 411 g/mol. The lowest BCUT2D eigenvalue weighted by atomic mass is 9.82. The van der Waals surface area contributed by atoms with Crippen LogP contribution in [0, 0.1) is 5.41 Å². The van der Waals surface area contributed by atoms with E-state index in [9.17, 15) is 4.79 Å². The second-order valence-electron chi connectivity index (χ2n) is 7.57. The minimum Gasteiger partial charge on any atom is -0.355 e. The molecular formula is C21H24Cl3NO. The van der Waals surface area contributed by atoms with Crippen molar-refractivity contribution >= 4 is 40.7 Å². The van der Waals surface area contributed by atoms with Gasteiger partial charge in [-0.3, -0.25) is 4.79 Å². The Balaban J connectivity index is 2.33. The molecule has 0 aliphatic rings. The van der Waals surface area contributed by atoms with E-state index in [-0.39, 0.29) is 17.7 Å². The summed E-state index contributed by atoms with van der Waals surface area (Å²) in [6.07, 6.45) is 0. The standard InChI is InChI=1S/C21H24Cl3NO/c1-13(17-10-9-16(23)11-19(17)24)18(12-25-20(26)21(2,3)4)14-5-7-15(22)8-6-14/h5-11,13,18H,12H2,1-4H3,(H,25,26). The maximum absolute atomic E-state index is 12.3. The van der Waals surface area contributed by atoms with Gasteiger partial charge in [-0.25, -0.2) is 0 Å². The van der Waals surface area contributed by atoms with Gasteiger partial charge in [0.1, 0.15) is 0 Å². The van der Waals surface area contributed by atoms with Crippen LogP contribution in [0.25, 0.3) is 0 Å². The molecule has 0 radical (unpaired) electrons. The molecule has 2 rings (SSSR count). The molecule has 2 nitrogen and oxygen atoms in total. The average Bonchev–Trinajstić information content (AvgIpc) is 2.55. The van der Waals surface area contributed by atoms with Gasteiger partial charge in [0.25, 0.3) is 0 Å². The molecule has 0 bridgehead atoms. The molecule has 26 heavy (non-hydrogen) atoms. The van der Waals surface area contributed by atoms with Crippen LogP contribution in [0.5, 0.6) is 0 Å². The summed E-state index contributed by atoms with van der Waals surface area (Å²) in [5, 5.41) is 5.00. The number of hydrogen-bond acceptors (Lipinski definition) is 1. The summed E-state index contributed by atoms with van der Waals surface area (Å²) in [7, 11) is 0. The number of hydrogen-bond donors (Lipinski definition) is 1. The molecular weight excluding hydrogens is 389 g/mol. The smallest absolute Gasteiger partial charge is 0.225 e. The van der Waals surface area contributed by atoms with Crippen LogP contribution >= 0.6 is 34.8 Å². The molecule has 0 saturated carbocycles. The molecule has 0 heterocycles. The summed E-state index contributed by atoms with van der Waals surface area (Å²) < 4.78 is 0. The van der Waals surface area contributed by atoms with E-state index in [0.717, 1.165) is 11.1 Å². The SMILES string of the molecule is CC(c1ccc(Cl)cc1Cl)C(CNC(=O)C(C)(C)C)c1ccc(Cl)cc1. The van der Waals surface area contributed by atoms with Crippen molar-refractivity contribution in [1.29, 1.82) is 0 Å². The van der Waals surface area contributed by atoms with Crippen molar-refractivity contribution in [3.05, 3.63) is 68.7 Å². The summed E-state index contributed by atoms with van der Waals surface area (Å²) in [5.41, 5.74) is 1.66. The van der Waals surface area contributed by atoms with Crippen molar-refractivity contribution in [1.82, 2.24) is 5.32 Å². The maximum Gasteiger partial charge on any atom is 0.225 e. The predicted molar refractivity (Wildman–Crippen MR) is 112 cm³/mol.